The van der Waals surface area contributed by atoms with Crippen molar-refractivity contribution in [3.8, 4) is 0 Å². The van der Waals surface area contributed by atoms with Crippen LogP contribution in [0.3, 0.4) is 0 Å². The second-order valence-corrected chi connectivity index (χ2v) is 5.84. The number of hydrogen-bond acceptors (Lipinski definition) is 2. The molecular formula is C16H19Cl2N3O. The summed E-state index contributed by atoms with van der Waals surface area (Å²) in [6.07, 6.45) is 4.70. The first-order valence-corrected chi connectivity index (χ1v) is 8.12. The number of unbranched alkanes of at least 4 members (excludes halogenated alkanes) is 1. The lowest BCUT2D eigenvalue weighted by Crippen LogP contribution is -2.16. The van der Waals surface area contributed by atoms with E-state index in [9.17, 15) is 4.79 Å². The van der Waals surface area contributed by atoms with Crippen LogP contribution in [0.2, 0.25) is 10.0 Å². The van der Waals surface area contributed by atoms with Gasteiger partial charge >= 0.3 is 0 Å². The topological polar surface area (TPSA) is 46.9 Å². The number of amides is 1. The molecular weight excluding hydrogens is 321 g/mol. The maximum absolute atomic E-state index is 12.1. The van der Waals surface area contributed by atoms with E-state index in [4.69, 9.17) is 23.2 Å². The first-order valence-electron chi connectivity index (χ1n) is 7.36. The van der Waals surface area contributed by atoms with Gasteiger partial charge in [-0.15, -0.1) is 0 Å². The quantitative estimate of drug-likeness (QED) is 0.803. The SMILES string of the molecule is CCCCn1nccc1NC(=O)CCc1cccc(Cl)c1Cl. The zero-order valence-electron chi connectivity index (χ0n) is 12.5. The smallest absolute Gasteiger partial charge is 0.225 e. The Morgan fingerprint density at radius 2 is 2.14 bits per heavy atom. The number of carbonyl (C=O) groups excluding carboxylic acids is 1. The lowest BCUT2D eigenvalue weighted by Gasteiger charge is -2.09. The van der Waals surface area contributed by atoms with Crippen molar-refractivity contribution in [3.05, 3.63) is 46.1 Å². The second-order valence-electron chi connectivity index (χ2n) is 5.05. The van der Waals surface area contributed by atoms with Gasteiger partial charge in [-0.2, -0.15) is 5.10 Å². The number of carbonyl (C=O) groups is 1. The summed E-state index contributed by atoms with van der Waals surface area (Å²) in [6, 6.07) is 7.26. The summed E-state index contributed by atoms with van der Waals surface area (Å²) in [6.45, 7) is 2.93. The molecule has 1 N–H and O–H groups in total. The Kier molecular flexibility index (Phi) is 6.28. The van der Waals surface area contributed by atoms with Crippen molar-refractivity contribution in [1.29, 1.82) is 0 Å². The molecule has 0 saturated carbocycles. The molecule has 0 spiro atoms. The summed E-state index contributed by atoms with van der Waals surface area (Å²) < 4.78 is 1.81. The van der Waals surface area contributed by atoms with Crippen LogP contribution in [0.4, 0.5) is 5.82 Å². The number of rotatable bonds is 7. The standard InChI is InChI=1S/C16H19Cl2N3O/c1-2-3-11-21-14(9-10-19-21)20-15(22)8-7-12-5-4-6-13(17)16(12)18/h4-6,9-10H,2-3,7-8,11H2,1H3,(H,20,22). The maximum atomic E-state index is 12.1. The number of aryl methyl sites for hydroxylation is 2. The van der Waals surface area contributed by atoms with Gasteiger partial charge in [-0.1, -0.05) is 48.7 Å². The number of benzene rings is 1. The minimum Gasteiger partial charge on any atom is -0.311 e. The van der Waals surface area contributed by atoms with Crippen LogP contribution in [-0.4, -0.2) is 15.7 Å². The number of nitrogens with one attached hydrogen (secondary N) is 1. The largest absolute Gasteiger partial charge is 0.311 e. The molecule has 0 bridgehead atoms. The number of hydrogen-bond donors (Lipinski definition) is 1. The first kappa shape index (κ1) is 16.8. The van der Waals surface area contributed by atoms with E-state index in [1.54, 1.807) is 18.3 Å². The third-order valence-electron chi connectivity index (χ3n) is 3.36. The van der Waals surface area contributed by atoms with Crippen molar-refractivity contribution in [1.82, 2.24) is 9.78 Å². The average Bonchev–Trinajstić information content (AvgIpc) is 2.93. The molecule has 0 aliphatic heterocycles. The van der Waals surface area contributed by atoms with Crippen LogP contribution in [0.5, 0.6) is 0 Å². The molecule has 1 amide bonds. The number of halogens is 2. The van der Waals surface area contributed by atoms with Crippen molar-refractivity contribution in [2.24, 2.45) is 0 Å². The lowest BCUT2D eigenvalue weighted by atomic mass is 10.1. The van der Waals surface area contributed by atoms with Crippen LogP contribution in [0.1, 0.15) is 31.7 Å². The van der Waals surface area contributed by atoms with Crippen LogP contribution in [0.25, 0.3) is 0 Å². The number of nitrogens with zero attached hydrogens (tertiary/aromatic N) is 2. The average molecular weight is 340 g/mol. The molecule has 1 heterocycles. The number of aromatic nitrogens is 2. The van der Waals surface area contributed by atoms with Gasteiger partial charge in [0.05, 0.1) is 16.2 Å². The molecule has 0 unspecified atom stereocenters. The van der Waals surface area contributed by atoms with E-state index < -0.39 is 0 Å². The van der Waals surface area contributed by atoms with Gasteiger partial charge in [-0.25, -0.2) is 4.68 Å². The molecule has 0 aliphatic carbocycles. The molecule has 4 nitrogen and oxygen atoms in total. The Morgan fingerprint density at radius 1 is 1.32 bits per heavy atom. The Bertz CT molecular complexity index is 640. The van der Waals surface area contributed by atoms with Gasteiger partial charge in [0, 0.05) is 19.0 Å². The highest BCUT2D eigenvalue weighted by molar-refractivity contribution is 6.42. The van der Waals surface area contributed by atoms with Crippen LogP contribution in [-0.2, 0) is 17.8 Å². The van der Waals surface area contributed by atoms with E-state index >= 15 is 0 Å². The molecule has 0 saturated heterocycles. The first-order chi connectivity index (χ1) is 10.6. The van der Waals surface area contributed by atoms with Gasteiger partial charge in [0.15, 0.2) is 0 Å². The fourth-order valence-electron chi connectivity index (χ4n) is 2.12. The summed E-state index contributed by atoms with van der Waals surface area (Å²) in [5.41, 5.74) is 0.879. The summed E-state index contributed by atoms with van der Waals surface area (Å²) in [5, 5.41) is 8.13. The fourth-order valence-corrected chi connectivity index (χ4v) is 2.53. The minimum atomic E-state index is -0.0608. The molecule has 0 fully saturated rings. The van der Waals surface area contributed by atoms with Crippen LogP contribution < -0.4 is 5.32 Å². The van der Waals surface area contributed by atoms with Gasteiger partial charge in [0.1, 0.15) is 5.82 Å². The highest BCUT2D eigenvalue weighted by atomic mass is 35.5. The molecule has 22 heavy (non-hydrogen) atoms. The summed E-state index contributed by atoms with van der Waals surface area (Å²) in [5.74, 6) is 0.671. The van der Waals surface area contributed by atoms with E-state index in [-0.39, 0.29) is 5.91 Å². The molecule has 0 atom stereocenters. The summed E-state index contributed by atoms with van der Waals surface area (Å²) in [4.78, 5) is 12.1. The monoisotopic (exact) mass is 339 g/mol. The molecule has 2 aromatic rings. The van der Waals surface area contributed by atoms with Crippen LogP contribution in [0.15, 0.2) is 30.5 Å². The van der Waals surface area contributed by atoms with Crippen molar-refractivity contribution >= 4 is 34.9 Å². The third kappa shape index (κ3) is 4.49. The van der Waals surface area contributed by atoms with E-state index in [1.165, 1.54) is 0 Å². The van der Waals surface area contributed by atoms with Gasteiger partial charge in [0.25, 0.3) is 0 Å². The summed E-state index contributed by atoms with van der Waals surface area (Å²) >= 11 is 12.1. The Balaban J connectivity index is 1.91. The molecule has 0 aliphatic rings. The van der Waals surface area contributed by atoms with E-state index in [0.29, 0.717) is 22.9 Å². The fraction of sp³-hybridized carbons (Fsp3) is 0.375. The Hall–Kier alpha value is -1.52. The molecule has 1 aromatic heterocycles. The van der Waals surface area contributed by atoms with Crippen molar-refractivity contribution in [3.63, 3.8) is 0 Å². The Morgan fingerprint density at radius 3 is 2.91 bits per heavy atom. The molecule has 0 radical (unpaired) electrons. The van der Waals surface area contributed by atoms with Crippen molar-refractivity contribution in [2.75, 3.05) is 5.32 Å². The predicted octanol–water partition coefficient (Wildman–Crippen LogP) is 4.56. The van der Waals surface area contributed by atoms with Crippen molar-refractivity contribution < 1.29 is 4.79 Å². The predicted molar refractivity (Wildman–Crippen MR) is 90.5 cm³/mol. The van der Waals surface area contributed by atoms with Gasteiger partial charge in [0.2, 0.25) is 5.91 Å². The second kappa shape index (κ2) is 8.20. The molecule has 1 aromatic carbocycles. The Labute approximate surface area is 140 Å². The highest BCUT2D eigenvalue weighted by Crippen LogP contribution is 2.26. The van der Waals surface area contributed by atoms with Gasteiger partial charge < -0.3 is 5.32 Å². The minimum absolute atomic E-state index is 0.0608. The molecule has 6 heteroatoms. The zero-order chi connectivity index (χ0) is 15.9. The molecule has 118 valence electrons. The van der Waals surface area contributed by atoms with Crippen LogP contribution >= 0.6 is 23.2 Å². The van der Waals surface area contributed by atoms with E-state index in [2.05, 4.69) is 17.3 Å². The zero-order valence-corrected chi connectivity index (χ0v) is 14.0. The highest BCUT2D eigenvalue weighted by Gasteiger charge is 2.10. The third-order valence-corrected chi connectivity index (χ3v) is 4.22. The normalized spacial score (nSPS) is 10.7. The van der Waals surface area contributed by atoms with E-state index in [0.717, 1.165) is 30.8 Å². The van der Waals surface area contributed by atoms with Gasteiger partial charge in [-0.05, 0) is 24.5 Å². The maximum Gasteiger partial charge on any atom is 0.225 e. The van der Waals surface area contributed by atoms with Crippen molar-refractivity contribution in [2.45, 2.75) is 39.2 Å². The van der Waals surface area contributed by atoms with E-state index in [1.807, 2.05) is 16.8 Å². The summed E-state index contributed by atoms with van der Waals surface area (Å²) in [7, 11) is 0. The molecule has 2 rings (SSSR count). The number of anilines is 1. The lowest BCUT2D eigenvalue weighted by molar-refractivity contribution is -0.116. The van der Waals surface area contributed by atoms with Crippen LogP contribution in [0, 0.1) is 0 Å². The van der Waals surface area contributed by atoms with Gasteiger partial charge in [-0.3, -0.25) is 4.79 Å².